The fourth-order valence-corrected chi connectivity index (χ4v) is 4.31. The van der Waals surface area contributed by atoms with Crippen LogP contribution in [0.3, 0.4) is 0 Å². The normalized spacial score (nSPS) is 10.9. The van der Waals surface area contributed by atoms with Crippen molar-refractivity contribution in [1.82, 2.24) is 29.9 Å². The molecule has 0 bridgehead atoms. The topological polar surface area (TPSA) is 101 Å². The van der Waals surface area contributed by atoms with Crippen molar-refractivity contribution in [2.24, 2.45) is 0 Å². The van der Waals surface area contributed by atoms with Gasteiger partial charge in [0.2, 0.25) is 11.7 Å². The van der Waals surface area contributed by atoms with E-state index in [1.54, 1.807) is 19.5 Å². The maximum absolute atomic E-state index is 5.59. The van der Waals surface area contributed by atoms with E-state index in [1.165, 1.54) is 11.8 Å². The number of ether oxygens (including phenoxy) is 2. The van der Waals surface area contributed by atoms with E-state index in [1.807, 2.05) is 72.2 Å². The van der Waals surface area contributed by atoms with Crippen LogP contribution in [0.2, 0.25) is 0 Å². The molecule has 2 aromatic carbocycles. The summed E-state index contributed by atoms with van der Waals surface area (Å²) < 4.78 is 18.5. The van der Waals surface area contributed by atoms with Gasteiger partial charge < -0.3 is 14.0 Å². The van der Waals surface area contributed by atoms with Gasteiger partial charge in [-0.2, -0.15) is 4.98 Å². The summed E-state index contributed by atoms with van der Waals surface area (Å²) in [6.07, 6.45) is 3.47. The van der Waals surface area contributed by atoms with Crippen LogP contribution in [0.1, 0.15) is 12.8 Å². The molecule has 0 aliphatic heterocycles. The van der Waals surface area contributed by atoms with Crippen LogP contribution in [0, 0.1) is 0 Å². The van der Waals surface area contributed by atoms with Crippen molar-refractivity contribution in [3.63, 3.8) is 0 Å². The van der Waals surface area contributed by atoms with Crippen LogP contribution in [-0.4, -0.2) is 43.6 Å². The third-order valence-corrected chi connectivity index (χ3v) is 6.03. The van der Waals surface area contributed by atoms with E-state index in [2.05, 4.69) is 25.3 Å². The Morgan fingerprint density at radius 3 is 2.54 bits per heavy atom. The van der Waals surface area contributed by atoms with E-state index in [0.717, 1.165) is 22.6 Å². The molecule has 3 heterocycles. The second-order valence-electron chi connectivity index (χ2n) is 7.31. The summed E-state index contributed by atoms with van der Waals surface area (Å²) in [5.41, 5.74) is 2.59. The Morgan fingerprint density at radius 2 is 1.77 bits per heavy atom. The lowest BCUT2D eigenvalue weighted by molar-refractivity contribution is 0.340. The highest BCUT2D eigenvalue weighted by atomic mass is 32.2. The van der Waals surface area contributed by atoms with E-state index in [9.17, 15) is 0 Å². The third kappa shape index (κ3) is 4.87. The summed E-state index contributed by atoms with van der Waals surface area (Å²) in [7, 11) is 1.61. The molecule has 0 fully saturated rings. The van der Waals surface area contributed by atoms with Gasteiger partial charge in [0.05, 0.1) is 25.0 Å². The lowest BCUT2D eigenvalue weighted by atomic mass is 10.2. The summed E-state index contributed by atoms with van der Waals surface area (Å²) in [4.78, 5) is 8.65. The van der Waals surface area contributed by atoms with Gasteiger partial charge in [0.15, 0.2) is 11.0 Å². The first kappa shape index (κ1) is 22.6. The standard InChI is InChI=1S/C25H22N6O3S/c1-3-33-19-10-8-18(9-11-19)31-24(17-12-14-26-15-13-17)28-29-25(31)35-16-22-27-23(30-34-22)20-6-4-5-7-21(20)32-2/h4-15H,3,16H2,1-2H3. The van der Waals surface area contributed by atoms with Crippen LogP contribution in [0.4, 0.5) is 0 Å². The molecule has 176 valence electrons. The molecule has 0 atom stereocenters. The number of hydrogen-bond donors (Lipinski definition) is 0. The van der Waals surface area contributed by atoms with Crippen LogP contribution in [0.15, 0.2) is 82.7 Å². The molecule has 0 N–H and O–H groups in total. The minimum atomic E-state index is 0.424. The molecule has 0 aliphatic rings. The van der Waals surface area contributed by atoms with Crippen LogP contribution in [-0.2, 0) is 5.75 Å². The first-order chi connectivity index (χ1) is 17.3. The summed E-state index contributed by atoms with van der Waals surface area (Å²) in [5, 5.41) is 13.7. The van der Waals surface area contributed by atoms with Crippen molar-refractivity contribution < 1.29 is 14.0 Å². The smallest absolute Gasteiger partial charge is 0.237 e. The van der Waals surface area contributed by atoms with Crippen molar-refractivity contribution in [2.45, 2.75) is 17.8 Å². The highest BCUT2D eigenvalue weighted by Gasteiger charge is 2.19. The predicted molar refractivity (Wildman–Crippen MR) is 132 cm³/mol. The van der Waals surface area contributed by atoms with Gasteiger partial charge in [-0.05, 0) is 55.5 Å². The van der Waals surface area contributed by atoms with Gasteiger partial charge in [-0.25, -0.2) is 0 Å². The number of aromatic nitrogens is 6. The lowest BCUT2D eigenvalue weighted by Gasteiger charge is -2.11. The number of para-hydroxylation sites is 1. The second kappa shape index (κ2) is 10.4. The molecule has 3 aromatic heterocycles. The van der Waals surface area contributed by atoms with Gasteiger partial charge in [0.25, 0.3) is 0 Å². The molecule has 0 amide bonds. The number of hydrogen-bond acceptors (Lipinski definition) is 9. The zero-order valence-corrected chi connectivity index (χ0v) is 20.0. The minimum absolute atomic E-state index is 0.424. The fourth-order valence-electron chi connectivity index (χ4n) is 3.52. The molecule has 0 saturated carbocycles. The number of nitrogens with zero attached hydrogens (tertiary/aromatic N) is 6. The zero-order chi connectivity index (χ0) is 24.0. The Bertz CT molecular complexity index is 1400. The summed E-state index contributed by atoms with van der Waals surface area (Å²) >= 11 is 1.46. The molecule has 5 rings (SSSR count). The summed E-state index contributed by atoms with van der Waals surface area (Å²) in [5.74, 6) is 3.57. The molecule has 0 aliphatic carbocycles. The quantitative estimate of drug-likeness (QED) is 0.264. The van der Waals surface area contributed by atoms with Crippen LogP contribution < -0.4 is 9.47 Å². The van der Waals surface area contributed by atoms with Gasteiger partial charge >= 0.3 is 0 Å². The van der Waals surface area contributed by atoms with Crippen molar-refractivity contribution in [3.8, 4) is 40.0 Å². The first-order valence-electron chi connectivity index (χ1n) is 10.9. The number of thioether (sulfide) groups is 1. The van der Waals surface area contributed by atoms with Crippen molar-refractivity contribution in [3.05, 3.63) is 78.9 Å². The van der Waals surface area contributed by atoms with Crippen LogP contribution in [0.25, 0.3) is 28.5 Å². The highest BCUT2D eigenvalue weighted by molar-refractivity contribution is 7.98. The number of benzene rings is 2. The van der Waals surface area contributed by atoms with E-state index < -0.39 is 0 Å². The largest absolute Gasteiger partial charge is 0.496 e. The Hall–Kier alpha value is -4.18. The second-order valence-corrected chi connectivity index (χ2v) is 8.25. The molecule has 35 heavy (non-hydrogen) atoms. The van der Waals surface area contributed by atoms with E-state index in [4.69, 9.17) is 14.0 Å². The summed E-state index contributed by atoms with van der Waals surface area (Å²) in [6, 6.07) is 19.2. The van der Waals surface area contributed by atoms with Gasteiger partial charge in [-0.15, -0.1) is 10.2 Å². The molecule has 0 saturated heterocycles. The maximum Gasteiger partial charge on any atom is 0.237 e. The SMILES string of the molecule is CCOc1ccc(-n2c(SCc3nc(-c4ccccc4OC)no3)nnc2-c2ccncc2)cc1. The van der Waals surface area contributed by atoms with Gasteiger partial charge in [0.1, 0.15) is 11.5 Å². The Morgan fingerprint density at radius 1 is 0.971 bits per heavy atom. The molecule has 0 spiro atoms. The fraction of sp³-hybridized carbons (Fsp3) is 0.160. The minimum Gasteiger partial charge on any atom is -0.496 e. The van der Waals surface area contributed by atoms with Gasteiger partial charge in [-0.3, -0.25) is 9.55 Å². The average molecular weight is 487 g/mol. The zero-order valence-electron chi connectivity index (χ0n) is 19.2. The number of methoxy groups -OCH3 is 1. The van der Waals surface area contributed by atoms with Gasteiger partial charge in [-0.1, -0.05) is 29.1 Å². The molecule has 10 heteroatoms. The lowest BCUT2D eigenvalue weighted by Crippen LogP contribution is -2.00. The third-order valence-electron chi connectivity index (χ3n) is 5.12. The maximum atomic E-state index is 5.59. The molecule has 9 nitrogen and oxygen atoms in total. The Labute approximate surface area is 206 Å². The number of pyridine rings is 1. The monoisotopic (exact) mass is 486 g/mol. The average Bonchev–Trinajstić information content (AvgIpc) is 3.56. The van der Waals surface area contributed by atoms with E-state index in [-0.39, 0.29) is 0 Å². The van der Waals surface area contributed by atoms with Crippen molar-refractivity contribution >= 4 is 11.8 Å². The Kier molecular flexibility index (Phi) is 6.71. The molecular weight excluding hydrogens is 464 g/mol. The van der Waals surface area contributed by atoms with Crippen LogP contribution in [0.5, 0.6) is 11.5 Å². The predicted octanol–water partition coefficient (Wildman–Crippen LogP) is 5.08. The molecular formula is C25H22N6O3S. The summed E-state index contributed by atoms with van der Waals surface area (Å²) in [6.45, 7) is 2.57. The van der Waals surface area contributed by atoms with E-state index >= 15 is 0 Å². The highest BCUT2D eigenvalue weighted by Crippen LogP contribution is 2.31. The van der Waals surface area contributed by atoms with E-state index in [0.29, 0.717) is 40.8 Å². The van der Waals surface area contributed by atoms with Crippen LogP contribution >= 0.6 is 11.8 Å². The first-order valence-corrected chi connectivity index (χ1v) is 11.9. The van der Waals surface area contributed by atoms with Crippen molar-refractivity contribution in [2.75, 3.05) is 13.7 Å². The molecule has 0 unspecified atom stereocenters. The van der Waals surface area contributed by atoms with Crippen molar-refractivity contribution in [1.29, 1.82) is 0 Å². The molecule has 5 aromatic rings. The van der Waals surface area contributed by atoms with Gasteiger partial charge in [0, 0.05) is 23.6 Å². The number of rotatable bonds is 9. The molecule has 0 radical (unpaired) electrons. The Balaban J connectivity index is 1.43.